The van der Waals surface area contributed by atoms with Crippen LogP contribution in [-0.2, 0) is 0 Å². The smallest absolute Gasteiger partial charge is 0.218 e. The molecule has 1 aliphatic heterocycles. The van der Waals surface area contributed by atoms with Gasteiger partial charge in [-0.25, -0.2) is 0 Å². The minimum atomic E-state index is -1.03. The second kappa shape index (κ2) is 1.98. The first-order chi connectivity index (χ1) is 3.98. The van der Waals surface area contributed by atoms with Crippen LogP contribution in [0.2, 0.25) is 13.1 Å². The summed E-state index contributed by atoms with van der Waals surface area (Å²) < 4.78 is 5.12. The first-order valence-electron chi connectivity index (χ1n) is 3.19. The number of nitrogens with zero attached hydrogens (tertiary/aromatic N) is 2. The van der Waals surface area contributed by atoms with Gasteiger partial charge in [-0.05, 0) is 33.4 Å². The number of rotatable bonds is 0. The molecule has 4 heteroatoms. The molecule has 0 spiro atoms. The normalized spacial score (nSPS) is 32.3. The van der Waals surface area contributed by atoms with Crippen LogP contribution >= 0.6 is 11.3 Å². The molecule has 0 atom stereocenters. The van der Waals surface area contributed by atoms with E-state index >= 15 is 0 Å². The Balaban J connectivity index is 2.62. The second-order valence-corrected chi connectivity index (χ2v) is 10.3. The molecule has 0 aromatic heterocycles. The average molecular weight is 164 g/mol. The van der Waals surface area contributed by atoms with Crippen molar-refractivity contribution in [1.29, 1.82) is 0 Å². The fourth-order valence-corrected chi connectivity index (χ4v) is 8.60. The van der Waals surface area contributed by atoms with Gasteiger partial charge in [0.25, 0.3) is 0 Å². The third-order valence-corrected chi connectivity index (χ3v) is 12.0. The molecule has 0 aromatic rings. The van der Waals surface area contributed by atoms with Crippen molar-refractivity contribution in [2.75, 3.05) is 20.4 Å². The molecule has 0 saturated carbocycles. The second-order valence-electron chi connectivity index (χ2n) is 3.03. The molecule has 0 bridgehead atoms. The molecule has 1 saturated heterocycles. The van der Waals surface area contributed by atoms with Crippen LogP contribution in [0.25, 0.3) is 0 Å². The Bertz CT molecular complexity index is 116. The Labute approximate surface area is 61.6 Å². The Hall–Kier alpha value is 0.487. The van der Waals surface area contributed by atoms with Crippen LogP contribution in [0.1, 0.15) is 0 Å². The predicted octanol–water partition coefficient (Wildman–Crippen LogP) is 1.03. The Morgan fingerprint density at radius 2 is 1.44 bits per heavy atom. The molecule has 1 aliphatic rings. The highest BCUT2D eigenvalue weighted by Crippen LogP contribution is 2.47. The van der Waals surface area contributed by atoms with Crippen molar-refractivity contribution in [3.8, 4) is 0 Å². The van der Waals surface area contributed by atoms with Gasteiger partial charge in [0.1, 0.15) is 0 Å². The quantitative estimate of drug-likeness (QED) is 0.422. The van der Waals surface area contributed by atoms with E-state index in [1.165, 1.54) is 0 Å². The van der Waals surface area contributed by atoms with Gasteiger partial charge >= 0.3 is 0 Å². The van der Waals surface area contributed by atoms with E-state index in [9.17, 15) is 0 Å². The summed E-state index contributed by atoms with van der Waals surface area (Å²) in [6.45, 7) is 4.77. The topological polar surface area (TPSA) is 6.48 Å². The molecule has 9 heavy (non-hydrogen) atoms. The molecule has 0 radical (unpaired) electrons. The van der Waals surface area contributed by atoms with Gasteiger partial charge in [0.05, 0.1) is 0 Å². The van der Waals surface area contributed by atoms with E-state index in [-0.39, 0.29) is 11.3 Å². The Morgan fingerprint density at radius 1 is 1.11 bits per heavy atom. The molecule has 1 fully saturated rings. The highest BCUT2D eigenvalue weighted by Gasteiger charge is 2.45. The zero-order chi connectivity index (χ0) is 7.23. The standard InChI is InChI=1S/C5H16N2SSi/c1-6-8(3)7(2)9(6,4)5/h8H,1-5H3. The first kappa shape index (κ1) is 7.59. The van der Waals surface area contributed by atoms with E-state index in [1.807, 2.05) is 0 Å². The van der Waals surface area contributed by atoms with E-state index in [2.05, 4.69) is 41.4 Å². The molecular formula is C5H16N2SSi. The summed E-state index contributed by atoms with van der Waals surface area (Å²) in [5, 5.41) is 0. The lowest BCUT2D eigenvalue weighted by Crippen LogP contribution is -2.67. The maximum atomic E-state index is 2.56. The van der Waals surface area contributed by atoms with Crippen molar-refractivity contribution in [3.05, 3.63) is 0 Å². The summed E-state index contributed by atoms with van der Waals surface area (Å²) in [5.41, 5.74) is 0. The third-order valence-electron chi connectivity index (χ3n) is 2.45. The zero-order valence-corrected chi connectivity index (χ0v) is 8.74. The van der Waals surface area contributed by atoms with Gasteiger partial charge in [0.15, 0.2) is 0 Å². The lowest BCUT2D eigenvalue weighted by atomic mass is 11.6. The minimum Gasteiger partial charge on any atom is -0.268 e. The maximum Gasteiger partial charge on any atom is 0.218 e. The molecular weight excluding hydrogens is 148 g/mol. The van der Waals surface area contributed by atoms with Crippen molar-refractivity contribution in [2.24, 2.45) is 0 Å². The Morgan fingerprint density at radius 3 is 1.56 bits per heavy atom. The monoisotopic (exact) mass is 164 g/mol. The van der Waals surface area contributed by atoms with E-state index in [0.29, 0.717) is 0 Å². The van der Waals surface area contributed by atoms with Crippen LogP contribution < -0.4 is 0 Å². The molecule has 0 amide bonds. The maximum absolute atomic E-state index is 2.56. The summed E-state index contributed by atoms with van der Waals surface area (Å²) in [6.07, 6.45) is 2.31. The molecule has 0 N–H and O–H groups in total. The van der Waals surface area contributed by atoms with Crippen molar-refractivity contribution >= 4 is 19.7 Å². The van der Waals surface area contributed by atoms with E-state index in [4.69, 9.17) is 0 Å². The molecule has 56 valence electrons. The van der Waals surface area contributed by atoms with Crippen molar-refractivity contribution in [2.45, 2.75) is 13.1 Å². The van der Waals surface area contributed by atoms with Gasteiger partial charge in [0, 0.05) is 0 Å². The highest BCUT2D eigenvalue weighted by atomic mass is 32.2. The SMILES string of the molecule is CN1[SH](C)N(C)[Si]1(C)C. The van der Waals surface area contributed by atoms with Gasteiger partial charge in [0.2, 0.25) is 8.40 Å². The summed E-state index contributed by atoms with van der Waals surface area (Å²) in [6, 6.07) is 0. The lowest BCUT2D eigenvalue weighted by Gasteiger charge is -2.60. The van der Waals surface area contributed by atoms with Crippen molar-refractivity contribution in [1.82, 2.24) is 7.94 Å². The first-order valence-corrected chi connectivity index (χ1v) is 7.78. The van der Waals surface area contributed by atoms with Gasteiger partial charge in [-0.15, -0.1) is 0 Å². The van der Waals surface area contributed by atoms with Gasteiger partial charge in [-0.2, -0.15) is 11.3 Å². The molecule has 2 nitrogen and oxygen atoms in total. The van der Waals surface area contributed by atoms with Gasteiger partial charge in [-0.3, -0.25) is 7.94 Å². The lowest BCUT2D eigenvalue weighted by molar-refractivity contribution is 0.595. The summed E-state index contributed by atoms with van der Waals surface area (Å²) >= 11 is 0.100. The molecule has 0 aromatic carbocycles. The summed E-state index contributed by atoms with van der Waals surface area (Å²) in [5.74, 6) is 0. The van der Waals surface area contributed by atoms with Crippen molar-refractivity contribution in [3.63, 3.8) is 0 Å². The predicted molar refractivity (Wildman–Crippen MR) is 47.9 cm³/mol. The fourth-order valence-electron chi connectivity index (χ4n) is 1.08. The van der Waals surface area contributed by atoms with Crippen LogP contribution in [0.3, 0.4) is 0 Å². The fraction of sp³-hybridized carbons (Fsp3) is 1.00. The van der Waals surface area contributed by atoms with Crippen LogP contribution in [-0.4, -0.2) is 36.7 Å². The minimum absolute atomic E-state index is 0.100. The molecule has 0 unspecified atom stereocenters. The molecule has 1 heterocycles. The van der Waals surface area contributed by atoms with E-state index in [1.54, 1.807) is 0 Å². The number of thiol groups is 1. The van der Waals surface area contributed by atoms with Gasteiger partial charge < -0.3 is 0 Å². The van der Waals surface area contributed by atoms with E-state index < -0.39 is 8.40 Å². The highest BCUT2D eigenvalue weighted by molar-refractivity contribution is 8.16. The third kappa shape index (κ3) is 0.851. The summed E-state index contributed by atoms with van der Waals surface area (Å²) in [7, 11) is 3.47. The van der Waals surface area contributed by atoms with Gasteiger partial charge in [-0.1, -0.05) is 0 Å². The largest absolute Gasteiger partial charge is 0.268 e. The van der Waals surface area contributed by atoms with Crippen LogP contribution in [0.4, 0.5) is 0 Å². The number of hydrogen-bond acceptors (Lipinski definition) is 2. The van der Waals surface area contributed by atoms with E-state index in [0.717, 1.165) is 0 Å². The van der Waals surface area contributed by atoms with Crippen LogP contribution in [0.5, 0.6) is 0 Å². The average Bonchev–Trinajstić information content (AvgIpc) is 1.84. The Kier molecular flexibility index (Phi) is 1.67. The van der Waals surface area contributed by atoms with Crippen LogP contribution in [0, 0.1) is 0 Å². The summed E-state index contributed by atoms with van der Waals surface area (Å²) in [4.78, 5) is 0. The molecule has 1 rings (SSSR count). The molecule has 0 aliphatic carbocycles. The zero-order valence-electron chi connectivity index (χ0n) is 6.84. The van der Waals surface area contributed by atoms with Crippen LogP contribution in [0.15, 0.2) is 0 Å². The van der Waals surface area contributed by atoms with Crippen molar-refractivity contribution < 1.29 is 0 Å². The number of hydrogen-bond donors (Lipinski definition) is 1.